The number of halogens is 2. The number of anilines is 1. The number of benzene rings is 2. The predicted octanol–water partition coefficient (Wildman–Crippen LogP) is 2.80. The van der Waals surface area contributed by atoms with E-state index >= 15 is 0 Å². The minimum Gasteiger partial charge on any atom is -0.368 e. The van der Waals surface area contributed by atoms with Crippen LogP contribution in [0.5, 0.6) is 0 Å². The number of piperazine rings is 1. The number of aromatic amines is 1. The third-order valence-electron chi connectivity index (χ3n) is 4.49. The number of nitrogens with zero attached hydrogens (tertiary/aromatic N) is 3. The monoisotopic (exact) mass is 342 g/mol. The second-order valence-electron chi connectivity index (χ2n) is 6.02. The highest BCUT2D eigenvalue weighted by Crippen LogP contribution is 2.21. The molecule has 128 valence electrons. The molecule has 0 spiro atoms. The maximum absolute atomic E-state index is 13.5. The Kier molecular flexibility index (Phi) is 3.83. The van der Waals surface area contributed by atoms with Crippen molar-refractivity contribution in [2.75, 3.05) is 31.1 Å². The first-order chi connectivity index (χ1) is 12.1. The van der Waals surface area contributed by atoms with Crippen molar-refractivity contribution in [3.8, 4) is 0 Å². The summed E-state index contributed by atoms with van der Waals surface area (Å²) in [6.45, 7) is 2.35. The summed E-state index contributed by atoms with van der Waals surface area (Å²) in [6.07, 6.45) is 0. The second-order valence-corrected chi connectivity index (χ2v) is 6.02. The van der Waals surface area contributed by atoms with Crippen LogP contribution in [0.2, 0.25) is 0 Å². The van der Waals surface area contributed by atoms with Gasteiger partial charge in [0.25, 0.3) is 5.91 Å². The lowest BCUT2D eigenvalue weighted by atomic mass is 10.1. The predicted molar refractivity (Wildman–Crippen MR) is 90.6 cm³/mol. The van der Waals surface area contributed by atoms with Gasteiger partial charge < -0.3 is 9.80 Å². The SMILES string of the molecule is O=C(c1n[nH]c2ccc(F)cc12)N1CCN(c2ccc(F)cc2)CC1. The molecule has 5 nitrogen and oxygen atoms in total. The highest BCUT2D eigenvalue weighted by molar-refractivity contribution is 6.04. The van der Waals surface area contributed by atoms with E-state index in [0.29, 0.717) is 37.1 Å². The minimum absolute atomic E-state index is 0.212. The number of amides is 1. The fourth-order valence-corrected chi connectivity index (χ4v) is 3.12. The number of nitrogens with one attached hydrogen (secondary N) is 1. The lowest BCUT2D eigenvalue weighted by Gasteiger charge is -2.35. The molecule has 2 heterocycles. The normalized spacial score (nSPS) is 15.0. The Morgan fingerprint density at radius 3 is 2.36 bits per heavy atom. The van der Waals surface area contributed by atoms with E-state index in [9.17, 15) is 13.6 Å². The van der Waals surface area contributed by atoms with Crippen LogP contribution in [0.15, 0.2) is 42.5 Å². The van der Waals surface area contributed by atoms with Crippen molar-refractivity contribution in [2.24, 2.45) is 0 Å². The number of rotatable bonds is 2. The fraction of sp³-hybridized carbons (Fsp3) is 0.222. The van der Waals surface area contributed by atoms with Gasteiger partial charge >= 0.3 is 0 Å². The molecule has 1 N–H and O–H groups in total. The van der Waals surface area contributed by atoms with Crippen molar-refractivity contribution in [1.29, 1.82) is 0 Å². The van der Waals surface area contributed by atoms with Gasteiger partial charge in [-0.05, 0) is 42.5 Å². The number of fused-ring (bicyclic) bond motifs is 1. The van der Waals surface area contributed by atoms with Gasteiger partial charge in [0.15, 0.2) is 5.69 Å². The number of carbonyl (C=O) groups is 1. The molecule has 3 aromatic rings. The largest absolute Gasteiger partial charge is 0.368 e. The Balaban J connectivity index is 1.49. The average Bonchev–Trinajstić information content (AvgIpc) is 3.05. The van der Waals surface area contributed by atoms with Gasteiger partial charge in [-0.15, -0.1) is 0 Å². The van der Waals surface area contributed by atoms with E-state index in [1.54, 1.807) is 23.1 Å². The van der Waals surface area contributed by atoms with Crippen molar-refractivity contribution in [3.05, 3.63) is 59.8 Å². The topological polar surface area (TPSA) is 52.2 Å². The first-order valence-corrected chi connectivity index (χ1v) is 8.05. The molecule has 0 aliphatic carbocycles. The second kappa shape index (κ2) is 6.16. The van der Waals surface area contributed by atoms with Crippen LogP contribution in [0.4, 0.5) is 14.5 Å². The van der Waals surface area contributed by atoms with Gasteiger partial charge in [-0.3, -0.25) is 9.89 Å². The molecule has 1 aromatic heterocycles. The Labute approximate surface area is 142 Å². The van der Waals surface area contributed by atoms with Crippen LogP contribution < -0.4 is 4.90 Å². The standard InChI is InChI=1S/C18H16F2N4O/c19-12-1-4-14(5-2-12)23-7-9-24(10-8-23)18(25)17-15-11-13(20)3-6-16(15)21-22-17/h1-6,11H,7-10H2,(H,21,22). The average molecular weight is 342 g/mol. The molecule has 7 heteroatoms. The Morgan fingerprint density at radius 2 is 1.64 bits per heavy atom. The molecule has 1 fully saturated rings. The molecule has 0 radical (unpaired) electrons. The van der Waals surface area contributed by atoms with Gasteiger partial charge in [0.05, 0.1) is 5.52 Å². The van der Waals surface area contributed by atoms with Crippen molar-refractivity contribution in [3.63, 3.8) is 0 Å². The van der Waals surface area contributed by atoms with Crippen LogP contribution in [0, 0.1) is 11.6 Å². The Bertz CT molecular complexity index is 914. The summed E-state index contributed by atoms with van der Waals surface area (Å²) in [4.78, 5) is 16.5. The van der Waals surface area contributed by atoms with E-state index in [1.807, 2.05) is 0 Å². The summed E-state index contributed by atoms with van der Waals surface area (Å²) in [5.74, 6) is -0.880. The van der Waals surface area contributed by atoms with Gasteiger partial charge in [0.2, 0.25) is 0 Å². The smallest absolute Gasteiger partial charge is 0.275 e. The lowest BCUT2D eigenvalue weighted by Crippen LogP contribution is -2.48. The van der Waals surface area contributed by atoms with Gasteiger partial charge in [-0.25, -0.2) is 8.78 Å². The fourth-order valence-electron chi connectivity index (χ4n) is 3.12. The molecule has 1 aliphatic heterocycles. The molecule has 0 atom stereocenters. The Morgan fingerprint density at radius 1 is 0.960 bits per heavy atom. The zero-order valence-corrected chi connectivity index (χ0v) is 13.4. The molecule has 0 unspecified atom stereocenters. The lowest BCUT2D eigenvalue weighted by molar-refractivity contribution is 0.0742. The Hall–Kier alpha value is -2.96. The van der Waals surface area contributed by atoms with Crippen molar-refractivity contribution < 1.29 is 13.6 Å². The first-order valence-electron chi connectivity index (χ1n) is 8.05. The molecular formula is C18H16F2N4O. The van der Waals surface area contributed by atoms with E-state index < -0.39 is 5.82 Å². The first kappa shape index (κ1) is 15.6. The van der Waals surface area contributed by atoms with Gasteiger partial charge in [-0.1, -0.05) is 0 Å². The highest BCUT2D eigenvalue weighted by atomic mass is 19.1. The van der Waals surface area contributed by atoms with Crippen LogP contribution in [-0.2, 0) is 0 Å². The highest BCUT2D eigenvalue weighted by Gasteiger charge is 2.25. The molecule has 2 aromatic carbocycles. The molecule has 4 rings (SSSR count). The summed E-state index contributed by atoms with van der Waals surface area (Å²) in [7, 11) is 0. The van der Waals surface area contributed by atoms with E-state index in [2.05, 4.69) is 15.1 Å². The third kappa shape index (κ3) is 2.93. The summed E-state index contributed by atoms with van der Waals surface area (Å²) in [5, 5.41) is 7.32. The zero-order valence-electron chi connectivity index (χ0n) is 13.4. The van der Waals surface area contributed by atoms with Crippen molar-refractivity contribution >= 4 is 22.5 Å². The van der Waals surface area contributed by atoms with Crippen LogP contribution in [0.1, 0.15) is 10.5 Å². The van der Waals surface area contributed by atoms with Gasteiger partial charge in [0.1, 0.15) is 11.6 Å². The number of hydrogen-bond acceptors (Lipinski definition) is 3. The third-order valence-corrected chi connectivity index (χ3v) is 4.49. The summed E-state index contributed by atoms with van der Waals surface area (Å²) in [6, 6.07) is 10.5. The molecule has 1 amide bonds. The van der Waals surface area contributed by atoms with Crippen LogP contribution in [0.25, 0.3) is 10.9 Å². The number of carbonyl (C=O) groups excluding carboxylic acids is 1. The van der Waals surface area contributed by atoms with Crippen LogP contribution >= 0.6 is 0 Å². The van der Waals surface area contributed by atoms with E-state index in [0.717, 1.165) is 5.69 Å². The number of hydrogen-bond donors (Lipinski definition) is 1. The zero-order chi connectivity index (χ0) is 17.4. The summed E-state index contributed by atoms with van der Waals surface area (Å²) >= 11 is 0. The molecule has 25 heavy (non-hydrogen) atoms. The molecule has 1 aliphatic rings. The maximum atomic E-state index is 13.5. The van der Waals surface area contributed by atoms with Crippen molar-refractivity contribution in [1.82, 2.24) is 15.1 Å². The number of H-pyrrole nitrogens is 1. The van der Waals surface area contributed by atoms with E-state index in [-0.39, 0.29) is 17.4 Å². The van der Waals surface area contributed by atoms with Crippen LogP contribution in [-0.4, -0.2) is 47.2 Å². The number of aromatic nitrogens is 2. The minimum atomic E-state index is -0.399. The van der Waals surface area contributed by atoms with Gasteiger partial charge in [-0.2, -0.15) is 5.10 Å². The quantitative estimate of drug-likeness (QED) is 0.779. The molecular weight excluding hydrogens is 326 g/mol. The van der Waals surface area contributed by atoms with Crippen molar-refractivity contribution in [2.45, 2.75) is 0 Å². The van der Waals surface area contributed by atoms with Crippen LogP contribution in [0.3, 0.4) is 0 Å². The molecule has 0 saturated carbocycles. The van der Waals surface area contributed by atoms with E-state index in [1.165, 1.54) is 24.3 Å². The molecule has 1 saturated heterocycles. The summed E-state index contributed by atoms with van der Waals surface area (Å²) < 4.78 is 26.5. The summed E-state index contributed by atoms with van der Waals surface area (Å²) in [5.41, 5.74) is 1.81. The van der Waals surface area contributed by atoms with E-state index in [4.69, 9.17) is 0 Å². The molecule has 0 bridgehead atoms. The van der Waals surface area contributed by atoms with Gasteiger partial charge in [0, 0.05) is 37.3 Å². The maximum Gasteiger partial charge on any atom is 0.275 e.